The third kappa shape index (κ3) is 5.86. The number of hydrogen-bond acceptors (Lipinski definition) is 5. The SMILES string of the molecule is CCCCCCCCCOC(=O)c1c(N)n(-c2ccc(CCCC)cc2)c2nc3ccccc3nc12. The molecule has 0 fully saturated rings. The van der Waals surface area contributed by atoms with E-state index in [0.717, 1.165) is 48.8 Å². The molecule has 0 radical (unpaired) electrons. The van der Waals surface area contributed by atoms with Gasteiger partial charge in [-0.25, -0.2) is 14.8 Å². The summed E-state index contributed by atoms with van der Waals surface area (Å²) in [5, 5.41) is 0. The molecule has 2 aromatic carbocycles. The van der Waals surface area contributed by atoms with Gasteiger partial charge in [-0.2, -0.15) is 0 Å². The lowest BCUT2D eigenvalue weighted by atomic mass is 10.1. The predicted molar refractivity (Wildman–Crippen MR) is 148 cm³/mol. The Morgan fingerprint density at radius 2 is 1.47 bits per heavy atom. The molecule has 0 bridgehead atoms. The minimum Gasteiger partial charge on any atom is -0.462 e. The number of nitrogens with two attached hydrogens (primary N) is 1. The van der Waals surface area contributed by atoms with Crippen LogP contribution in [0.25, 0.3) is 27.9 Å². The van der Waals surface area contributed by atoms with Crippen molar-refractivity contribution in [3.8, 4) is 5.69 Å². The van der Waals surface area contributed by atoms with Crippen molar-refractivity contribution in [3.63, 3.8) is 0 Å². The predicted octanol–water partition coefficient (Wildman–Crippen LogP) is 7.41. The molecular weight excluding hydrogens is 448 g/mol. The van der Waals surface area contributed by atoms with Crippen LogP contribution in [0.4, 0.5) is 5.82 Å². The molecule has 36 heavy (non-hydrogen) atoms. The fraction of sp³-hybridized carbons (Fsp3) is 0.433. The summed E-state index contributed by atoms with van der Waals surface area (Å²) in [5.74, 6) is -0.127. The van der Waals surface area contributed by atoms with E-state index in [9.17, 15) is 4.79 Å². The molecular formula is C30H38N4O2. The number of carbonyl (C=O) groups excluding carboxylic acids is 1. The van der Waals surface area contributed by atoms with Gasteiger partial charge in [-0.15, -0.1) is 0 Å². The van der Waals surface area contributed by atoms with Gasteiger partial charge in [0.25, 0.3) is 0 Å². The number of benzene rings is 2. The van der Waals surface area contributed by atoms with Crippen molar-refractivity contribution in [1.29, 1.82) is 0 Å². The summed E-state index contributed by atoms with van der Waals surface area (Å²) in [6.07, 6.45) is 11.5. The molecule has 0 unspecified atom stereocenters. The highest BCUT2D eigenvalue weighted by atomic mass is 16.5. The zero-order valence-corrected chi connectivity index (χ0v) is 21.6. The minimum atomic E-state index is -0.439. The van der Waals surface area contributed by atoms with Crippen molar-refractivity contribution in [2.24, 2.45) is 0 Å². The number of aryl methyl sites for hydroxylation is 1. The van der Waals surface area contributed by atoms with Crippen LogP contribution in [0.2, 0.25) is 0 Å². The Hall–Kier alpha value is -3.41. The van der Waals surface area contributed by atoms with Crippen LogP contribution < -0.4 is 5.73 Å². The van der Waals surface area contributed by atoms with Crippen LogP contribution in [0.5, 0.6) is 0 Å². The first-order chi connectivity index (χ1) is 17.6. The number of carbonyl (C=O) groups is 1. The molecule has 190 valence electrons. The molecule has 0 spiro atoms. The van der Waals surface area contributed by atoms with Gasteiger partial charge in [0, 0.05) is 5.69 Å². The van der Waals surface area contributed by atoms with Crippen molar-refractivity contribution < 1.29 is 9.53 Å². The molecule has 4 aromatic rings. The van der Waals surface area contributed by atoms with E-state index in [1.807, 2.05) is 41.0 Å². The zero-order valence-electron chi connectivity index (χ0n) is 21.6. The zero-order chi connectivity index (χ0) is 25.3. The number of rotatable bonds is 13. The lowest BCUT2D eigenvalue weighted by Gasteiger charge is -2.09. The third-order valence-electron chi connectivity index (χ3n) is 6.70. The van der Waals surface area contributed by atoms with E-state index in [1.54, 1.807) is 0 Å². The number of nitrogens with zero attached hydrogens (tertiary/aromatic N) is 3. The van der Waals surface area contributed by atoms with E-state index in [-0.39, 0.29) is 0 Å². The monoisotopic (exact) mass is 486 g/mol. The van der Waals surface area contributed by atoms with E-state index in [0.29, 0.717) is 29.2 Å². The smallest absolute Gasteiger partial charge is 0.344 e. The van der Waals surface area contributed by atoms with Crippen LogP contribution >= 0.6 is 0 Å². The van der Waals surface area contributed by atoms with Gasteiger partial charge in [-0.1, -0.05) is 83.1 Å². The number of unbranched alkanes of at least 4 members (excludes halogenated alkanes) is 7. The first-order valence-corrected chi connectivity index (χ1v) is 13.5. The number of fused-ring (bicyclic) bond motifs is 2. The number of ether oxygens (including phenoxy) is 1. The van der Waals surface area contributed by atoms with Crippen LogP contribution in [0.3, 0.4) is 0 Å². The summed E-state index contributed by atoms with van der Waals surface area (Å²) in [4.78, 5) is 22.9. The first-order valence-electron chi connectivity index (χ1n) is 13.5. The molecule has 2 aromatic heterocycles. The standard InChI is InChI=1S/C30H38N4O2/c1-3-5-7-8-9-10-13-21-36-30(35)26-27-29(33-25-16-12-11-15-24(25)32-27)34(28(26)31)23-19-17-22(18-20-23)14-6-4-2/h11-12,15-20H,3-10,13-14,21,31H2,1-2H3. The van der Waals surface area contributed by atoms with Gasteiger partial charge in [-0.05, 0) is 49.1 Å². The Morgan fingerprint density at radius 1 is 0.833 bits per heavy atom. The van der Waals surface area contributed by atoms with Gasteiger partial charge in [-0.3, -0.25) is 4.57 Å². The highest BCUT2D eigenvalue weighted by molar-refractivity contribution is 6.09. The summed E-state index contributed by atoms with van der Waals surface area (Å²) in [6, 6.07) is 16.0. The molecule has 0 amide bonds. The Kier molecular flexibility index (Phi) is 8.93. The molecule has 0 aliphatic heterocycles. The Labute approximate surface area is 213 Å². The summed E-state index contributed by atoms with van der Waals surface area (Å²) < 4.78 is 7.49. The minimum absolute atomic E-state index is 0.293. The Bertz CT molecular complexity index is 1290. The number of aromatic nitrogens is 3. The molecule has 0 aliphatic rings. The number of hydrogen-bond donors (Lipinski definition) is 1. The van der Waals surface area contributed by atoms with Gasteiger partial charge in [0.1, 0.15) is 16.9 Å². The first kappa shape index (κ1) is 25.7. The van der Waals surface area contributed by atoms with Crippen molar-refractivity contribution in [3.05, 3.63) is 59.7 Å². The molecule has 2 N–H and O–H groups in total. The molecule has 0 aliphatic carbocycles. The fourth-order valence-electron chi connectivity index (χ4n) is 4.61. The quantitative estimate of drug-likeness (QED) is 0.157. The Balaban J connectivity index is 1.61. The second kappa shape index (κ2) is 12.5. The maximum Gasteiger partial charge on any atom is 0.344 e. The molecule has 0 atom stereocenters. The van der Waals surface area contributed by atoms with E-state index >= 15 is 0 Å². The van der Waals surface area contributed by atoms with Crippen molar-refractivity contribution in [2.75, 3.05) is 12.3 Å². The highest BCUT2D eigenvalue weighted by Gasteiger charge is 2.26. The summed E-state index contributed by atoms with van der Waals surface area (Å²) in [7, 11) is 0. The van der Waals surface area contributed by atoms with Crippen molar-refractivity contribution in [1.82, 2.24) is 14.5 Å². The maximum atomic E-state index is 13.2. The lowest BCUT2D eigenvalue weighted by molar-refractivity contribution is 0.0501. The Morgan fingerprint density at radius 3 is 2.17 bits per heavy atom. The summed E-state index contributed by atoms with van der Waals surface area (Å²) >= 11 is 0. The van der Waals surface area contributed by atoms with Gasteiger partial charge < -0.3 is 10.5 Å². The van der Waals surface area contributed by atoms with Crippen LogP contribution in [-0.2, 0) is 11.2 Å². The largest absolute Gasteiger partial charge is 0.462 e. The van der Waals surface area contributed by atoms with Crippen molar-refractivity contribution >= 4 is 34.0 Å². The van der Waals surface area contributed by atoms with Crippen molar-refractivity contribution in [2.45, 2.75) is 78.1 Å². The van der Waals surface area contributed by atoms with Crippen LogP contribution in [0, 0.1) is 0 Å². The van der Waals surface area contributed by atoms with E-state index < -0.39 is 5.97 Å². The summed E-state index contributed by atoms with van der Waals surface area (Å²) in [5.41, 5.74) is 11.6. The molecule has 4 rings (SSSR count). The molecule has 6 heteroatoms. The molecule has 6 nitrogen and oxygen atoms in total. The van der Waals surface area contributed by atoms with Gasteiger partial charge in [0.05, 0.1) is 17.6 Å². The van der Waals surface area contributed by atoms with E-state index in [2.05, 4.69) is 26.0 Å². The average Bonchev–Trinajstić information content (AvgIpc) is 3.18. The highest BCUT2D eigenvalue weighted by Crippen LogP contribution is 2.31. The molecule has 0 saturated carbocycles. The topological polar surface area (TPSA) is 83.0 Å². The second-order valence-corrected chi connectivity index (χ2v) is 9.51. The fourth-order valence-corrected chi connectivity index (χ4v) is 4.61. The normalized spacial score (nSPS) is 11.4. The summed E-state index contributed by atoms with van der Waals surface area (Å²) in [6.45, 7) is 4.79. The van der Waals surface area contributed by atoms with Crippen LogP contribution in [-0.4, -0.2) is 27.1 Å². The molecule has 0 saturated heterocycles. The second-order valence-electron chi connectivity index (χ2n) is 9.51. The number of esters is 1. The number of anilines is 1. The average molecular weight is 487 g/mol. The van der Waals surface area contributed by atoms with Gasteiger partial charge >= 0.3 is 5.97 Å². The van der Waals surface area contributed by atoms with Gasteiger partial charge in [0.2, 0.25) is 0 Å². The number of para-hydroxylation sites is 2. The van der Waals surface area contributed by atoms with E-state index in [4.69, 9.17) is 20.4 Å². The maximum absolute atomic E-state index is 13.2. The molecule has 2 heterocycles. The lowest BCUT2D eigenvalue weighted by Crippen LogP contribution is -2.10. The third-order valence-corrected chi connectivity index (χ3v) is 6.70. The van der Waals surface area contributed by atoms with E-state index in [1.165, 1.54) is 37.7 Å². The van der Waals surface area contributed by atoms with Crippen LogP contribution in [0.1, 0.15) is 87.6 Å². The number of nitrogen functional groups attached to an aromatic ring is 1. The van der Waals surface area contributed by atoms with Crippen LogP contribution in [0.15, 0.2) is 48.5 Å². The van der Waals surface area contributed by atoms with Gasteiger partial charge in [0.15, 0.2) is 5.65 Å².